The number of halogens is 1. The number of amides is 1. The molecule has 0 radical (unpaired) electrons. The van der Waals surface area contributed by atoms with Crippen molar-refractivity contribution in [3.8, 4) is 5.75 Å². The molecule has 208 valence electrons. The van der Waals surface area contributed by atoms with E-state index in [0.29, 0.717) is 5.56 Å². The number of fused-ring (bicyclic) bond motifs is 1. The van der Waals surface area contributed by atoms with Crippen molar-refractivity contribution in [3.05, 3.63) is 146 Å². The fourth-order valence-electron chi connectivity index (χ4n) is 4.42. The van der Waals surface area contributed by atoms with E-state index in [4.69, 9.17) is 4.74 Å². The Morgan fingerprint density at radius 2 is 1.56 bits per heavy atom. The summed E-state index contributed by atoms with van der Waals surface area (Å²) < 4.78 is 22.2. The Hall–Kier alpha value is -5.18. The number of hydrogen-bond acceptors (Lipinski definition) is 5. The van der Waals surface area contributed by atoms with Crippen molar-refractivity contribution < 1.29 is 13.9 Å². The Morgan fingerprint density at radius 3 is 2.24 bits per heavy atom. The van der Waals surface area contributed by atoms with Crippen LogP contribution in [0, 0.1) is 5.82 Å². The zero-order chi connectivity index (χ0) is 28.9. The molecule has 1 amide bonds. The van der Waals surface area contributed by atoms with E-state index >= 15 is 0 Å². The van der Waals surface area contributed by atoms with Crippen LogP contribution in [0.4, 0.5) is 10.1 Å². The van der Waals surface area contributed by atoms with Gasteiger partial charge >= 0.3 is 0 Å². The molecular weight excluding hydrogens is 523 g/mol. The number of nitrogens with one attached hydrogen (secondary N) is 1. The number of anilines is 1. The Bertz CT molecular complexity index is 1800. The minimum atomic E-state index is -0.692. The first-order chi connectivity index (χ1) is 19.8. The first kappa shape index (κ1) is 27.4. The molecule has 0 aliphatic carbocycles. The molecule has 0 unspecified atom stereocenters. The van der Waals surface area contributed by atoms with E-state index in [1.54, 1.807) is 24.5 Å². The SMILES string of the molecule is CN(C)c1ccc(Cn2ccn3cc(C(=O)NCc4ccc(F)cc4)c(=O)c(OCc4ccccc4)c3c2=O)cc1. The molecule has 0 aliphatic heterocycles. The van der Waals surface area contributed by atoms with Gasteiger partial charge in [0, 0.05) is 44.9 Å². The van der Waals surface area contributed by atoms with Gasteiger partial charge in [-0.25, -0.2) is 4.39 Å². The lowest BCUT2D eigenvalue weighted by molar-refractivity contribution is 0.0948. The molecule has 0 fully saturated rings. The van der Waals surface area contributed by atoms with Gasteiger partial charge in [-0.3, -0.25) is 14.4 Å². The molecule has 0 aliphatic rings. The predicted molar refractivity (Wildman–Crippen MR) is 156 cm³/mol. The monoisotopic (exact) mass is 552 g/mol. The smallest absolute Gasteiger partial charge is 0.279 e. The van der Waals surface area contributed by atoms with Crippen molar-refractivity contribution in [2.45, 2.75) is 19.7 Å². The van der Waals surface area contributed by atoms with Crippen LogP contribution in [-0.4, -0.2) is 29.0 Å². The molecule has 2 heterocycles. The lowest BCUT2D eigenvalue weighted by atomic mass is 10.2. The van der Waals surface area contributed by atoms with Crippen molar-refractivity contribution in [3.63, 3.8) is 0 Å². The van der Waals surface area contributed by atoms with Crippen LogP contribution in [0.2, 0.25) is 0 Å². The highest BCUT2D eigenvalue weighted by molar-refractivity contribution is 5.95. The number of hydrogen-bond donors (Lipinski definition) is 1. The van der Waals surface area contributed by atoms with E-state index in [-0.39, 0.29) is 42.3 Å². The van der Waals surface area contributed by atoms with Gasteiger partial charge in [-0.15, -0.1) is 0 Å². The summed E-state index contributed by atoms with van der Waals surface area (Å²) in [5, 5.41) is 2.70. The number of carbonyl (C=O) groups is 1. The number of carbonyl (C=O) groups excluding carboxylic acids is 1. The second-order valence-electron chi connectivity index (χ2n) is 9.83. The molecule has 1 N–H and O–H groups in total. The summed E-state index contributed by atoms with van der Waals surface area (Å²) in [4.78, 5) is 42.4. The average Bonchev–Trinajstić information content (AvgIpc) is 2.98. The van der Waals surface area contributed by atoms with Gasteiger partial charge in [0.15, 0.2) is 11.3 Å². The number of nitrogens with zero attached hydrogens (tertiary/aromatic N) is 3. The zero-order valence-corrected chi connectivity index (χ0v) is 22.7. The maximum absolute atomic E-state index is 13.7. The highest BCUT2D eigenvalue weighted by Gasteiger charge is 2.21. The van der Waals surface area contributed by atoms with Gasteiger partial charge in [-0.2, -0.15) is 0 Å². The summed E-state index contributed by atoms with van der Waals surface area (Å²) in [7, 11) is 3.91. The fraction of sp³-hybridized carbons (Fsp3) is 0.156. The summed E-state index contributed by atoms with van der Waals surface area (Å²) >= 11 is 0. The number of aromatic nitrogens is 2. The van der Waals surface area contributed by atoms with Crippen LogP contribution in [0.3, 0.4) is 0 Å². The quantitative estimate of drug-likeness (QED) is 0.296. The number of rotatable bonds is 9. The Kier molecular flexibility index (Phi) is 7.96. The van der Waals surface area contributed by atoms with Crippen molar-refractivity contribution >= 4 is 17.1 Å². The van der Waals surface area contributed by atoms with Gasteiger partial charge in [0.1, 0.15) is 18.0 Å². The van der Waals surface area contributed by atoms with E-state index < -0.39 is 16.9 Å². The third kappa shape index (κ3) is 6.19. The lowest BCUT2D eigenvalue weighted by Gasteiger charge is -2.15. The van der Waals surface area contributed by atoms with E-state index in [1.807, 2.05) is 73.6 Å². The first-order valence-electron chi connectivity index (χ1n) is 13.0. The molecule has 0 spiro atoms. The van der Waals surface area contributed by atoms with Crippen molar-refractivity contribution in [2.24, 2.45) is 0 Å². The largest absolute Gasteiger partial charge is 0.483 e. The van der Waals surface area contributed by atoms with Crippen LogP contribution in [0.1, 0.15) is 27.0 Å². The zero-order valence-electron chi connectivity index (χ0n) is 22.7. The molecule has 3 aromatic carbocycles. The molecule has 9 heteroatoms. The van der Waals surface area contributed by atoms with Crippen molar-refractivity contribution in [2.75, 3.05) is 19.0 Å². The van der Waals surface area contributed by atoms with E-state index in [9.17, 15) is 18.8 Å². The highest BCUT2D eigenvalue weighted by atomic mass is 19.1. The number of pyridine rings is 1. The van der Waals surface area contributed by atoms with E-state index in [2.05, 4.69) is 5.32 Å². The van der Waals surface area contributed by atoms with Crippen LogP contribution in [0.25, 0.3) is 5.52 Å². The second-order valence-corrected chi connectivity index (χ2v) is 9.83. The minimum Gasteiger partial charge on any atom is -0.483 e. The molecule has 8 nitrogen and oxygen atoms in total. The maximum atomic E-state index is 13.7. The van der Waals surface area contributed by atoms with Crippen LogP contribution in [-0.2, 0) is 19.7 Å². The van der Waals surface area contributed by atoms with Gasteiger partial charge in [-0.05, 0) is 41.0 Å². The molecule has 41 heavy (non-hydrogen) atoms. The predicted octanol–water partition coefficient (Wildman–Crippen LogP) is 4.22. The van der Waals surface area contributed by atoms with Crippen LogP contribution < -0.4 is 25.9 Å². The Labute approximate surface area is 235 Å². The standard InChI is InChI=1S/C32H29FN4O4/c1-35(2)26-14-10-23(11-15-26)19-37-17-16-36-20-27(31(39)34-18-22-8-12-25(33)13-9-22)29(38)30(28(36)32(37)40)41-21-24-6-4-3-5-7-24/h3-17,20H,18-19,21H2,1-2H3,(H,34,39). The van der Waals surface area contributed by atoms with Gasteiger partial charge in [0.05, 0.1) is 6.54 Å². The van der Waals surface area contributed by atoms with Gasteiger partial charge < -0.3 is 23.9 Å². The third-order valence-electron chi connectivity index (χ3n) is 6.71. The molecular formula is C32H29FN4O4. The summed E-state index contributed by atoms with van der Waals surface area (Å²) in [6.07, 6.45) is 4.57. The first-order valence-corrected chi connectivity index (χ1v) is 13.0. The second kappa shape index (κ2) is 11.9. The fourth-order valence-corrected chi connectivity index (χ4v) is 4.42. The van der Waals surface area contributed by atoms with E-state index in [0.717, 1.165) is 16.8 Å². The Morgan fingerprint density at radius 1 is 0.878 bits per heavy atom. The van der Waals surface area contributed by atoms with Gasteiger partial charge in [0.25, 0.3) is 11.5 Å². The molecule has 0 bridgehead atoms. The van der Waals surface area contributed by atoms with Gasteiger partial charge in [-0.1, -0.05) is 54.6 Å². The molecule has 0 saturated heterocycles. The van der Waals surface area contributed by atoms with E-state index in [1.165, 1.54) is 27.3 Å². The van der Waals surface area contributed by atoms with Crippen LogP contribution in [0.5, 0.6) is 5.75 Å². The van der Waals surface area contributed by atoms with Crippen LogP contribution >= 0.6 is 0 Å². The summed E-state index contributed by atoms with van der Waals surface area (Å²) in [6.45, 7) is 0.414. The molecule has 0 saturated carbocycles. The lowest BCUT2D eigenvalue weighted by Crippen LogP contribution is -2.32. The normalized spacial score (nSPS) is 10.9. The van der Waals surface area contributed by atoms with Crippen molar-refractivity contribution in [1.82, 2.24) is 14.3 Å². The molecule has 5 rings (SSSR count). The summed E-state index contributed by atoms with van der Waals surface area (Å²) in [5.74, 6) is -1.22. The van der Waals surface area contributed by atoms with Crippen LogP contribution in [0.15, 0.2) is 107 Å². The topological polar surface area (TPSA) is 85.1 Å². The molecule has 0 atom stereocenters. The minimum absolute atomic E-state index is 0.0344. The van der Waals surface area contributed by atoms with Gasteiger partial charge in [0.2, 0.25) is 5.43 Å². The Balaban J connectivity index is 1.52. The van der Waals surface area contributed by atoms with Crippen molar-refractivity contribution in [1.29, 1.82) is 0 Å². The average molecular weight is 553 g/mol. The number of benzene rings is 3. The highest BCUT2D eigenvalue weighted by Crippen LogP contribution is 2.17. The number of ether oxygens (including phenoxy) is 1. The summed E-state index contributed by atoms with van der Waals surface area (Å²) in [6, 6.07) is 22.8. The maximum Gasteiger partial charge on any atom is 0.279 e. The molecule has 5 aromatic rings. The summed E-state index contributed by atoms with van der Waals surface area (Å²) in [5.41, 5.74) is 2.15. The molecule has 2 aromatic heterocycles. The third-order valence-corrected chi connectivity index (χ3v) is 6.71.